The Morgan fingerprint density at radius 2 is 1.85 bits per heavy atom. The van der Waals surface area contributed by atoms with E-state index in [1.54, 1.807) is 13.0 Å². The van der Waals surface area contributed by atoms with E-state index in [4.69, 9.17) is 14.6 Å². The van der Waals surface area contributed by atoms with E-state index in [2.05, 4.69) is 5.32 Å². The molecule has 0 unspecified atom stereocenters. The van der Waals surface area contributed by atoms with Gasteiger partial charge in [-0.2, -0.15) is 0 Å². The molecule has 0 bridgehead atoms. The fourth-order valence-corrected chi connectivity index (χ4v) is 3.22. The molecule has 0 saturated heterocycles. The predicted molar refractivity (Wildman–Crippen MR) is 96.0 cm³/mol. The first kappa shape index (κ1) is 18.2. The first-order chi connectivity index (χ1) is 12.3. The summed E-state index contributed by atoms with van der Waals surface area (Å²) in [5.74, 6) is 1.08. The normalized spacial score (nSPS) is 13.3. The summed E-state index contributed by atoms with van der Waals surface area (Å²) in [6.45, 7) is 3.20. The van der Waals surface area contributed by atoms with Gasteiger partial charge in [-0.15, -0.1) is 0 Å². The van der Waals surface area contributed by atoms with Gasteiger partial charge in [0.25, 0.3) is 5.91 Å². The molecule has 3 rings (SSSR count). The van der Waals surface area contributed by atoms with Crippen LogP contribution < -0.4 is 19.9 Å². The number of primary sulfonamides is 1. The summed E-state index contributed by atoms with van der Waals surface area (Å²) in [4.78, 5) is 12.3. The molecular formula is C18H20N2O5S. The summed E-state index contributed by atoms with van der Waals surface area (Å²) >= 11 is 0. The van der Waals surface area contributed by atoms with Gasteiger partial charge in [0.15, 0.2) is 11.5 Å². The van der Waals surface area contributed by atoms with Crippen LogP contribution in [-0.4, -0.2) is 34.1 Å². The van der Waals surface area contributed by atoms with Crippen LogP contribution >= 0.6 is 0 Å². The maximum atomic E-state index is 12.4. The van der Waals surface area contributed by atoms with Crippen molar-refractivity contribution in [1.82, 2.24) is 5.32 Å². The third-order valence-corrected chi connectivity index (χ3v) is 5.00. The van der Waals surface area contributed by atoms with E-state index < -0.39 is 10.0 Å². The monoisotopic (exact) mass is 376 g/mol. The van der Waals surface area contributed by atoms with Gasteiger partial charge in [-0.1, -0.05) is 12.1 Å². The lowest BCUT2D eigenvalue weighted by Gasteiger charge is -2.19. The van der Waals surface area contributed by atoms with E-state index in [0.29, 0.717) is 43.1 Å². The smallest absolute Gasteiger partial charge is 0.251 e. The second kappa shape index (κ2) is 7.35. The average Bonchev–Trinajstić information content (AvgIpc) is 2.61. The number of amides is 1. The minimum Gasteiger partial charge on any atom is -0.486 e. The number of rotatable bonds is 5. The number of nitrogens with two attached hydrogens (primary N) is 1. The van der Waals surface area contributed by atoms with Gasteiger partial charge in [0, 0.05) is 12.1 Å². The van der Waals surface area contributed by atoms with Crippen LogP contribution in [0.25, 0.3) is 0 Å². The van der Waals surface area contributed by atoms with Crippen molar-refractivity contribution in [3.63, 3.8) is 0 Å². The third-order valence-electron chi connectivity index (χ3n) is 4.09. The van der Waals surface area contributed by atoms with E-state index in [1.807, 2.05) is 18.2 Å². The highest BCUT2D eigenvalue weighted by molar-refractivity contribution is 7.89. The number of sulfonamides is 1. The summed E-state index contributed by atoms with van der Waals surface area (Å²) in [6, 6.07) is 9.92. The zero-order valence-electron chi connectivity index (χ0n) is 14.3. The molecule has 0 radical (unpaired) electrons. The summed E-state index contributed by atoms with van der Waals surface area (Å²) in [5, 5.41) is 7.93. The molecule has 1 amide bonds. The van der Waals surface area contributed by atoms with Gasteiger partial charge >= 0.3 is 0 Å². The highest BCUT2D eigenvalue weighted by Crippen LogP contribution is 2.30. The Labute approximate surface area is 152 Å². The van der Waals surface area contributed by atoms with Gasteiger partial charge in [-0.3, -0.25) is 4.79 Å². The number of nitrogens with one attached hydrogen (secondary N) is 1. The second-order valence-electron chi connectivity index (χ2n) is 6.01. The Kier molecular flexibility index (Phi) is 5.15. The van der Waals surface area contributed by atoms with Crippen LogP contribution in [-0.2, 0) is 16.4 Å². The third kappa shape index (κ3) is 4.14. The van der Waals surface area contributed by atoms with E-state index in [0.717, 1.165) is 11.3 Å². The van der Waals surface area contributed by atoms with Crippen LogP contribution in [0.2, 0.25) is 0 Å². The quantitative estimate of drug-likeness (QED) is 0.820. The highest BCUT2D eigenvalue weighted by atomic mass is 32.2. The van der Waals surface area contributed by atoms with Crippen LogP contribution in [0.3, 0.4) is 0 Å². The molecule has 0 saturated carbocycles. The van der Waals surface area contributed by atoms with Gasteiger partial charge < -0.3 is 14.8 Å². The van der Waals surface area contributed by atoms with Crippen LogP contribution in [0.5, 0.6) is 11.5 Å². The first-order valence-electron chi connectivity index (χ1n) is 8.15. The number of hydrogen-bond donors (Lipinski definition) is 2. The average molecular weight is 376 g/mol. The Morgan fingerprint density at radius 1 is 1.12 bits per heavy atom. The van der Waals surface area contributed by atoms with Gasteiger partial charge in [0.2, 0.25) is 10.0 Å². The van der Waals surface area contributed by atoms with E-state index in [9.17, 15) is 13.2 Å². The van der Waals surface area contributed by atoms with Crippen molar-refractivity contribution in [2.45, 2.75) is 18.2 Å². The molecule has 0 atom stereocenters. The maximum absolute atomic E-state index is 12.4. The summed E-state index contributed by atoms with van der Waals surface area (Å²) in [5.41, 5.74) is 1.97. The molecule has 1 heterocycles. The van der Waals surface area contributed by atoms with Crippen LogP contribution in [0.1, 0.15) is 21.5 Å². The lowest BCUT2D eigenvalue weighted by Crippen LogP contribution is -2.27. The fraction of sp³-hybridized carbons (Fsp3) is 0.278. The highest BCUT2D eigenvalue weighted by Gasteiger charge is 2.15. The van der Waals surface area contributed by atoms with Crippen molar-refractivity contribution in [3.8, 4) is 11.5 Å². The zero-order valence-corrected chi connectivity index (χ0v) is 15.1. The van der Waals surface area contributed by atoms with Crippen LogP contribution in [0, 0.1) is 6.92 Å². The van der Waals surface area contributed by atoms with E-state index in [-0.39, 0.29) is 10.8 Å². The lowest BCUT2D eigenvalue weighted by molar-refractivity contribution is 0.0953. The molecule has 0 fully saturated rings. The van der Waals surface area contributed by atoms with Gasteiger partial charge in [-0.25, -0.2) is 13.6 Å². The standard InChI is InChI=1S/C18H20N2O5S/c1-12-2-4-14(26(19,22)23)11-15(12)18(21)20-7-6-13-3-5-16-17(10-13)25-9-8-24-16/h2-5,10-11H,6-9H2,1H3,(H,20,21)(H2,19,22,23). The number of carbonyl (C=O) groups is 1. The molecular weight excluding hydrogens is 356 g/mol. The fourth-order valence-electron chi connectivity index (χ4n) is 2.68. The van der Waals surface area contributed by atoms with Crippen molar-refractivity contribution >= 4 is 15.9 Å². The second-order valence-corrected chi connectivity index (χ2v) is 7.57. The Balaban J connectivity index is 1.64. The SMILES string of the molecule is Cc1ccc(S(N)(=O)=O)cc1C(=O)NCCc1ccc2c(c1)OCCO2. The summed E-state index contributed by atoms with van der Waals surface area (Å²) in [6.07, 6.45) is 0.607. The molecule has 2 aromatic carbocycles. The summed E-state index contributed by atoms with van der Waals surface area (Å²) < 4.78 is 33.9. The first-order valence-corrected chi connectivity index (χ1v) is 9.69. The molecule has 2 aromatic rings. The van der Waals surface area contributed by atoms with Crippen molar-refractivity contribution in [3.05, 3.63) is 53.1 Å². The van der Waals surface area contributed by atoms with Crippen molar-refractivity contribution in [2.75, 3.05) is 19.8 Å². The lowest BCUT2D eigenvalue weighted by atomic mass is 10.1. The Morgan fingerprint density at radius 3 is 2.58 bits per heavy atom. The molecule has 3 N–H and O–H groups in total. The number of benzene rings is 2. The van der Waals surface area contributed by atoms with Crippen molar-refractivity contribution < 1.29 is 22.7 Å². The number of ether oxygens (including phenoxy) is 2. The molecule has 1 aliphatic rings. The molecule has 138 valence electrons. The molecule has 0 spiro atoms. The van der Waals surface area contributed by atoms with Crippen molar-refractivity contribution in [2.24, 2.45) is 5.14 Å². The molecule has 0 aliphatic carbocycles. The summed E-state index contributed by atoms with van der Waals surface area (Å²) in [7, 11) is -3.85. The topological polar surface area (TPSA) is 108 Å². The van der Waals surface area contributed by atoms with E-state index >= 15 is 0 Å². The zero-order chi connectivity index (χ0) is 18.7. The molecule has 7 nitrogen and oxygen atoms in total. The molecule has 0 aromatic heterocycles. The number of aryl methyl sites for hydroxylation is 1. The minimum absolute atomic E-state index is 0.0833. The Hall–Kier alpha value is -2.58. The number of hydrogen-bond acceptors (Lipinski definition) is 5. The maximum Gasteiger partial charge on any atom is 0.251 e. The predicted octanol–water partition coefficient (Wildman–Crippen LogP) is 1.39. The molecule has 1 aliphatic heterocycles. The van der Waals surface area contributed by atoms with Gasteiger partial charge in [0.1, 0.15) is 13.2 Å². The minimum atomic E-state index is -3.85. The van der Waals surface area contributed by atoms with Gasteiger partial charge in [0.05, 0.1) is 4.90 Å². The van der Waals surface area contributed by atoms with Crippen molar-refractivity contribution in [1.29, 1.82) is 0 Å². The van der Waals surface area contributed by atoms with Crippen LogP contribution in [0.4, 0.5) is 0 Å². The number of carbonyl (C=O) groups excluding carboxylic acids is 1. The van der Waals surface area contributed by atoms with Gasteiger partial charge in [-0.05, 0) is 48.7 Å². The largest absolute Gasteiger partial charge is 0.486 e. The van der Waals surface area contributed by atoms with E-state index in [1.165, 1.54) is 12.1 Å². The number of fused-ring (bicyclic) bond motifs is 1. The Bertz CT molecular complexity index is 941. The molecule has 8 heteroatoms. The van der Waals surface area contributed by atoms with Crippen LogP contribution in [0.15, 0.2) is 41.3 Å². The molecule has 26 heavy (non-hydrogen) atoms.